The summed E-state index contributed by atoms with van der Waals surface area (Å²) in [7, 11) is 0. The van der Waals surface area contributed by atoms with E-state index >= 15 is 0 Å². The Morgan fingerprint density at radius 3 is 2.75 bits per heavy atom. The number of nitrogens with zero attached hydrogens (tertiary/aromatic N) is 2. The number of halogens is 1. The summed E-state index contributed by atoms with van der Waals surface area (Å²) in [5.41, 5.74) is 0.121. The standard InChI is InChI=1S/C27H33ClN2O6/c1-5-13-29(22-16(4)9-8-10-18(22)28)25(33)23-27-12-11-19(36-27)20(26(34)35-14-6-2)21(27)24(32)30(23)17(7-3)15-31/h5-6,8-10,17,19-21,23,31H,1-2,7,11-15H2,3-4H3/t17-,19-,20+,21-,23?,27?/m0/s1. The molecule has 4 rings (SSSR count). The van der Waals surface area contributed by atoms with E-state index in [2.05, 4.69) is 13.2 Å². The number of para-hydroxylation sites is 1. The lowest BCUT2D eigenvalue weighted by Gasteiger charge is -2.39. The number of hydrogen-bond acceptors (Lipinski definition) is 6. The number of carbonyl (C=O) groups is 3. The Hall–Kier alpha value is -2.68. The number of aliphatic hydroxyl groups excluding tert-OH is 1. The molecule has 2 bridgehead atoms. The number of esters is 1. The van der Waals surface area contributed by atoms with Gasteiger partial charge in [-0.25, -0.2) is 0 Å². The Morgan fingerprint density at radius 1 is 1.39 bits per heavy atom. The summed E-state index contributed by atoms with van der Waals surface area (Å²) in [6, 6.07) is 3.71. The monoisotopic (exact) mass is 516 g/mol. The zero-order valence-electron chi connectivity index (χ0n) is 20.7. The quantitative estimate of drug-likeness (QED) is 0.379. The van der Waals surface area contributed by atoms with Gasteiger partial charge < -0.3 is 24.4 Å². The van der Waals surface area contributed by atoms with Crippen LogP contribution in [0.4, 0.5) is 5.69 Å². The second-order valence-electron chi connectivity index (χ2n) is 9.61. The highest BCUT2D eigenvalue weighted by Crippen LogP contribution is 2.59. The van der Waals surface area contributed by atoms with E-state index in [1.54, 1.807) is 18.2 Å². The van der Waals surface area contributed by atoms with Crippen LogP contribution in [0.25, 0.3) is 0 Å². The maximum atomic E-state index is 14.4. The van der Waals surface area contributed by atoms with Gasteiger partial charge >= 0.3 is 5.97 Å². The molecule has 3 aliphatic rings. The summed E-state index contributed by atoms with van der Waals surface area (Å²) in [5, 5.41) is 10.6. The molecule has 0 radical (unpaired) electrons. The third kappa shape index (κ3) is 3.96. The number of benzene rings is 1. The zero-order chi connectivity index (χ0) is 26.2. The first kappa shape index (κ1) is 26.4. The highest BCUT2D eigenvalue weighted by Gasteiger charge is 2.75. The fourth-order valence-corrected chi connectivity index (χ4v) is 6.54. The van der Waals surface area contributed by atoms with Crippen LogP contribution in [-0.2, 0) is 23.9 Å². The summed E-state index contributed by atoms with van der Waals surface area (Å²) in [5.74, 6) is -2.98. The van der Waals surface area contributed by atoms with Gasteiger partial charge in [0.2, 0.25) is 5.91 Å². The number of hydrogen-bond donors (Lipinski definition) is 1. The number of rotatable bonds is 10. The lowest BCUT2D eigenvalue weighted by atomic mass is 9.70. The molecule has 1 aromatic carbocycles. The van der Waals surface area contributed by atoms with Crippen molar-refractivity contribution >= 4 is 35.1 Å². The third-order valence-corrected chi connectivity index (χ3v) is 8.00. The number of fused-ring (bicyclic) bond motifs is 1. The molecule has 1 N–H and O–H groups in total. The third-order valence-electron chi connectivity index (χ3n) is 7.70. The van der Waals surface area contributed by atoms with Crippen molar-refractivity contribution < 1.29 is 29.0 Å². The average Bonchev–Trinajstić information content (AvgIpc) is 3.50. The summed E-state index contributed by atoms with van der Waals surface area (Å²) in [6.45, 7) is 11.0. The van der Waals surface area contributed by atoms with Gasteiger partial charge in [-0.2, -0.15) is 0 Å². The first-order valence-corrected chi connectivity index (χ1v) is 12.7. The molecule has 1 spiro atoms. The number of anilines is 1. The Labute approximate surface area is 216 Å². The number of aryl methyl sites for hydroxylation is 1. The van der Waals surface area contributed by atoms with E-state index in [9.17, 15) is 19.5 Å². The van der Waals surface area contributed by atoms with Crippen molar-refractivity contribution in [2.24, 2.45) is 11.8 Å². The van der Waals surface area contributed by atoms with Crippen molar-refractivity contribution in [1.82, 2.24) is 4.90 Å². The Morgan fingerprint density at radius 2 is 2.14 bits per heavy atom. The molecular formula is C27H33ClN2O6. The molecule has 0 aromatic heterocycles. The second kappa shape index (κ2) is 10.4. The summed E-state index contributed by atoms with van der Waals surface area (Å²) >= 11 is 6.54. The van der Waals surface area contributed by atoms with Crippen LogP contribution < -0.4 is 4.90 Å². The van der Waals surface area contributed by atoms with Crippen LogP contribution in [0.15, 0.2) is 43.5 Å². The van der Waals surface area contributed by atoms with Gasteiger partial charge in [0.1, 0.15) is 18.2 Å². The summed E-state index contributed by atoms with van der Waals surface area (Å²) in [6.07, 6.45) is 3.95. The van der Waals surface area contributed by atoms with Gasteiger partial charge in [-0.15, -0.1) is 6.58 Å². The SMILES string of the molecule is C=CCOC(=O)[C@@H]1[C@@H]2CCC3(O2)C(C(=O)N(CC=C)c2c(C)cccc2Cl)N([C@@H](CC)CO)C(=O)[C@H]13. The van der Waals surface area contributed by atoms with Crippen molar-refractivity contribution in [2.45, 2.75) is 56.9 Å². The molecule has 194 valence electrons. The van der Waals surface area contributed by atoms with Crippen molar-refractivity contribution in [3.63, 3.8) is 0 Å². The van der Waals surface area contributed by atoms with Gasteiger partial charge in [0.25, 0.3) is 5.91 Å². The fourth-order valence-electron chi connectivity index (χ4n) is 6.22. The van der Waals surface area contributed by atoms with E-state index in [0.29, 0.717) is 30.0 Å². The molecule has 3 saturated heterocycles. The van der Waals surface area contributed by atoms with E-state index in [1.165, 1.54) is 15.9 Å². The average molecular weight is 517 g/mol. The molecule has 36 heavy (non-hydrogen) atoms. The molecule has 0 saturated carbocycles. The first-order chi connectivity index (χ1) is 17.3. The van der Waals surface area contributed by atoms with E-state index in [1.807, 2.05) is 19.9 Å². The van der Waals surface area contributed by atoms with Gasteiger partial charge in [0.15, 0.2) is 0 Å². The Balaban J connectivity index is 1.83. The lowest BCUT2D eigenvalue weighted by Crippen LogP contribution is -2.59. The molecular weight excluding hydrogens is 484 g/mol. The van der Waals surface area contributed by atoms with Crippen molar-refractivity contribution in [1.29, 1.82) is 0 Å². The van der Waals surface area contributed by atoms with Crippen molar-refractivity contribution in [2.75, 3.05) is 24.7 Å². The minimum Gasteiger partial charge on any atom is -0.461 e. The Bertz CT molecular complexity index is 1050. The maximum Gasteiger partial charge on any atom is 0.312 e. The molecule has 0 aliphatic carbocycles. The summed E-state index contributed by atoms with van der Waals surface area (Å²) in [4.78, 5) is 44.4. The lowest BCUT2D eigenvalue weighted by molar-refractivity contribution is -0.154. The summed E-state index contributed by atoms with van der Waals surface area (Å²) < 4.78 is 11.7. The van der Waals surface area contributed by atoms with E-state index in [4.69, 9.17) is 21.1 Å². The van der Waals surface area contributed by atoms with Crippen LogP contribution >= 0.6 is 11.6 Å². The molecule has 8 nitrogen and oxygen atoms in total. The topological polar surface area (TPSA) is 96.4 Å². The minimum atomic E-state index is -1.20. The van der Waals surface area contributed by atoms with E-state index in [-0.39, 0.29) is 31.6 Å². The van der Waals surface area contributed by atoms with E-state index in [0.717, 1.165) is 5.56 Å². The highest BCUT2D eigenvalue weighted by atomic mass is 35.5. The number of ether oxygens (including phenoxy) is 2. The van der Waals surface area contributed by atoms with Gasteiger partial charge in [-0.3, -0.25) is 14.4 Å². The predicted molar refractivity (Wildman–Crippen MR) is 136 cm³/mol. The van der Waals surface area contributed by atoms with Gasteiger partial charge in [-0.05, 0) is 37.8 Å². The van der Waals surface area contributed by atoms with Crippen LogP contribution in [0.1, 0.15) is 31.7 Å². The molecule has 3 heterocycles. The van der Waals surface area contributed by atoms with Crippen LogP contribution in [0.2, 0.25) is 5.02 Å². The van der Waals surface area contributed by atoms with Gasteiger partial charge in [-0.1, -0.05) is 49.4 Å². The van der Waals surface area contributed by atoms with Crippen LogP contribution in [-0.4, -0.2) is 71.3 Å². The minimum absolute atomic E-state index is 0.0230. The van der Waals surface area contributed by atoms with E-state index < -0.39 is 41.6 Å². The molecule has 3 aliphatic heterocycles. The fraction of sp³-hybridized carbons (Fsp3) is 0.519. The van der Waals surface area contributed by atoms with Crippen LogP contribution in [0.5, 0.6) is 0 Å². The van der Waals surface area contributed by atoms with Gasteiger partial charge in [0.05, 0.1) is 41.3 Å². The first-order valence-electron chi connectivity index (χ1n) is 12.3. The van der Waals surface area contributed by atoms with Gasteiger partial charge in [0, 0.05) is 6.54 Å². The normalized spacial score (nSPS) is 29.1. The number of carbonyl (C=O) groups excluding carboxylic acids is 3. The number of likely N-dealkylation sites (tertiary alicyclic amines) is 1. The molecule has 1 aromatic rings. The molecule has 2 unspecified atom stereocenters. The molecule has 2 amide bonds. The Kier molecular flexibility index (Phi) is 7.59. The van der Waals surface area contributed by atoms with Crippen molar-refractivity contribution in [3.05, 3.63) is 54.1 Å². The zero-order valence-corrected chi connectivity index (χ0v) is 21.4. The second-order valence-corrected chi connectivity index (χ2v) is 10.0. The highest BCUT2D eigenvalue weighted by molar-refractivity contribution is 6.34. The predicted octanol–water partition coefficient (Wildman–Crippen LogP) is 3.04. The number of amides is 2. The molecule has 9 heteroatoms. The molecule has 3 fully saturated rings. The largest absolute Gasteiger partial charge is 0.461 e. The number of aliphatic hydroxyl groups is 1. The molecule has 6 atom stereocenters. The van der Waals surface area contributed by atoms with Crippen LogP contribution in [0.3, 0.4) is 0 Å². The smallest absolute Gasteiger partial charge is 0.312 e. The maximum absolute atomic E-state index is 14.4. The van der Waals surface area contributed by atoms with Crippen molar-refractivity contribution in [3.8, 4) is 0 Å². The van der Waals surface area contributed by atoms with Crippen LogP contribution in [0, 0.1) is 18.8 Å².